The van der Waals surface area contributed by atoms with Gasteiger partial charge in [0.2, 0.25) is 0 Å². The van der Waals surface area contributed by atoms with E-state index in [1.165, 1.54) is 4.90 Å². The highest BCUT2D eigenvalue weighted by Crippen LogP contribution is 2.25. The first-order chi connectivity index (χ1) is 8.11. The van der Waals surface area contributed by atoms with Gasteiger partial charge in [-0.05, 0) is 41.6 Å². The van der Waals surface area contributed by atoms with Gasteiger partial charge < -0.3 is 11.3 Å². The van der Waals surface area contributed by atoms with Crippen molar-refractivity contribution in [1.82, 2.24) is 6.15 Å². The van der Waals surface area contributed by atoms with Crippen molar-refractivity contribution in [2.24, 2.45) is 0 Å². The Labute approximate surface area is 111 Å². The molecular formula is C14H17NO2S. The van der Waals surface area contributed by atoms with Gasteiger partial charge in [0.1, 0.15) is 0 Å². The molecule has 4 heteroatoms. The minimum Gasteiger partial charge on any atom is -0.481 e. The van der Waals surface area contributed by atoms with Crippen LogP contribution < -0.4 is 6.15 Å². The summed E-state index contributed by atoms with van der Waals surface area (Å²) in [4.78, 5) is 12.2. The van der Waals surface area contributed by atoms with Gasteiger partial charge in [0.05, 0.1) is 5.92 Å². The van der Waals surface area contributed by atoms with Gasteiger partial charge in [-0.1, -0.05) is 24.3 Å². The van der Waals surface area contributed by atoms with Crippen LogP contribution in [-0.4, -0.2) is 17.3 Å². The Balaban J connectivity index is 0.00000162. The fourth-order valence-corrected chi connectivity index (χ4v) is 2.23. The Bertz CT molecular complexity index is 569. The minimum absolute atomic E-state index is 0. The molecule has 0 radical (unpaired) electrons. The van der Waals surface area contributed by atoms with Crippen molar-refractivity contribution >= 4 is 28.5 Å². The number of hydrogen-bond acceptors (Lipinski definition) is 3. The van der Waals surface area contributed by atoms with Crippen molar-refractivity contribution in [2.75, 3.05) is 6.26 Å². The third-order valence-corrected chi connectivity index (χ3v) is 3.67. The van der Waals surface area contributed by atoms with E-state index in [0.717, 1.165) is 16.3 Å². The summed E-state index contributed by atoms with van der Waals surface area (Å²) in [5.41, 5.74) is 0.849. The average Bonchev–Trinajstić information content (AvgIpc) is 2.36. The fourth-order valence-electron chi connectivity index (χ4n) is 1.78. The lowest BCUT2D eigenvalue weighted by Gasteiger charge is -2.08. The zero-order valence-corrected chi connectivity index (χ0v) is 11.3. The standard InChI is InChI=1S/C14H14O2S.H3N/c1-9(14(15)16)10-3-4-12-8-13(17-2)6-5-11(12)7-10;/h3-9H,1-2H3,(H,15,16);1H3. The third kappa shape index (κ3) is 2.83. The smallest absolute Gasteiger partial charge is 0.310 e. The summed E-state index contributed by atoms with van der Waals surface area (Å²) < 4.78 is 0. The molecule has 18 heavy (non-hydrogen) atoms. The lowest BCUT2D eigenvalue weighted by molar-refractivity contribution is -0.138. The number of benzene rings is 2. The van der Waals surface area contributed by atoms with Crippen molar-refractivity contribution in [3.63, 3.8) is 0 Å². The first kappa shape index (κ1) is 14.5. The van der Waals surface area contributed by atoms with Gasteiger partial charge in [0.25, 0.3) is 0 Å². The van der Waals surface area contributed by atoms with Crippen LogP contribution in [0.3, 0.4) is 0 Å². The summed E-state index contributed by atoms with van der Waals surface area (Å²) >= 11 is 1.70. The molecule has 0 aliphatic heterocycles. The van der Waals surface area contributed by atoms with Crippen molar-refractivity contribution in [1.29, 1.82) is 0 Å². The highest BCUT2D eigenvalue weighted by Gasteiger charge is 2.13. The quantitative estimate of drug-likeness (QED) is 0.823. The molecule has 0 amide bonds. The second-order valence-electron chi connectivity index (χ2n) is 4.03. The maximum absolute atomic E-state index is 10.9. The number of carbonyl (C=O) groups is 1. The number of carboxylic acid groups (broad SMARTS) is 1. The molecule has 0 bridgehead atoms. The number of thioether (sulfide) groups is 1. The molecule has 0 aliphatic rings. The zero-order valence-electron chi connectivity index (χ0n) is 10.5. The Morgan fingerprint density at radius 1 is 1.17 bits per heavy atom. The molecule has 2 rings (SSSR count). The lowest BCUT2D eigenvalue weighted by Crippen LogP contribution is -2.06. The Hall–Kier alpha value is -1.52. The minimum atomic E-state index is -0.787. The number of fused-ring (bicyclic) bond motifs is 1. The summed E-state index contributed by atoms with van der Waals surface area (Å²) in [5.74, 6) is -1.25. The van der Waals surface area contributed by atoms with E-state index < -0.39 is 11.9 Å². The van der Waals surface area contributed by atoms with E-state index in [1.807, 2.05) is 30.5 Å². The van der Waals surface area contributed by atoms with Crippen LogP contribution in [0.15, 0.2) is 41.3 Å². The molecule has 96 valence electrons. The topological polar surface area (TPSA) is 72.3 Å². The molecule has 0 saturated heterocycles. The van der Waals surface area contributed by atoms with Gasteiger partial charge in [-0.25, -0.2) is 0 Å². The van der Waals surface area contributed by atoms with Gasteiger partial charge in [-0.3, -0.25) is 4.79 Å². The Morgan fingerprint density at radius 3 is 2.39 bits per heavy atom. The molecule has 1 atom stereocenters. The SMILES string of the molecule is CSc1ccc2cc(C(C)C(=O)O)ccc2c1.N. The van der Waals surface area contributed by atoms with E-state index in [1.54, 1.807) is 18.7 Å². The largest absolute Gasteiger partial charge is 0.481 e. The van der Waals surface area contributed by atoms with Crippen LogP contribution in [0.1, 0.15) is 18.4 Å². The molecule has 2 aromatic carbocycles. The first-order valence-electron chi connectivity index (χ1n) is 5.42. The van der Waals surface area contributed by atoms with Crippen LogP contribution in [0.25, 0.3) is 10.8 Å². The summed E-state index contributed by atoms with van der Waals surface area (Å²) in [6.07, 6.45) is 2.04. The summed E-state index contributed by atoms with van der Waals surface area (Å²) in [6, 6.07) is 12.1. The summed E-state index contributed by atoms with van der Waals surface area (Å²) in [7, 11) is 0. The molecular weight excluding hydrogens is 246 g/mol. The first-order valence-corrected chi connectivity index (χ1v) is 6.65. The van der Waals surface area contributed by atoms with Crippen LogP contribution in [0, 0.1) is 0 Å². The Kier molecular flexibility index (Phi) is 4.76. The fraction of sp³-hybridized carbons (Fsp3) is 0.214. The third-order valence-electron chi connectivity index (χ3n) is 2.94. The molecule has 1 unspecified atom stereocenters. The Morgan fingerprint density at radius 2 is 1.78 bits per heavy atom. The van der Waals surface area contributed by atoms with Gasteiger partial charge in [0.15, 0.2) is 0 Å². The van der Waals surface area contributed by atoms with Crippen molar-refractivity contribution < 1.29 is 9.90 Å². The van der Waals surface area contributed by atoms with Crippen LogP contribution >= 0.6 is 11.8 Å². The maximum Gasteiger partial charge on any atom is 0.310 e. The average molecular weight is 263 g/mol. The number of rotatable bonds is 3. The van der Waals surface area contributed by atoms with Gasteiger partial charge in [-0.15, -0.1) is 11.8 Å². The van der Waals surface area contributed by atoms with Gasteiger partial charge >= 0.3 is 5.97 Å². The second kappa shape index (κ2) is 5.89. The number of hydrogen-bond donors (Lipinski definition) is 2. The van der Waals surface area contributed by atoms with Crippen LogP contribution in [-0.2, 0) is 4.79 Å². The molecule has 0 spiro atoms. The molecule has 0 heterocycles. The predicted octanol–water partition coefficient (Wildman–Crippen LogP) is 3.91. The highest BCUT2D eigenvalue weighted by atomic mass is 32.2. The molecule has 0 fully saturated rings. The maximum atomic E-state index is 10.9. The molecule has 4 N–H and O–H groups in total. The molecule has 2 aromatic rings. The molecule has 3 nitrogen and oxygen atoms in total. The van der Waals surface area contributed by atoms with E-state index in [9.17, 15) is 4.79 Å². The predicted molar refractivity (Wildman–Crippen MR) is 76.8 cm³/mol. The zero-order chi connectivity index (χ0) is 12.4. The van der Waals surface area contributed by atoms with Crippen molar-refractivity contribution in [3.05, 3.63) is 42.0 Å². The summed E-state index contributed by atoms with van der Waals surface area (Å²) in [5, 5.41) is 11.2. The van der Waals surface area contributed by atoms with Crippen molar-refractivity contribution in [2.45, 2.75) is 17.7 Å². The van der Waals surface area contributed by atoms with E-state index in [4.69, 9.17) is 5.11 Å². The molecule has 0 saturated carbocycles. The van der Waals surface area contributed by atoms with Crippen LogP contribution in [0.2, 0.25) is 0 Å². The molecule has 0 aromatic heterocycles. The van der Waals surface area contributed by atoms with Gasteiger partial charge in [-0.2, -0.15) is 0 Å². The lowest BCUT2D eigenvalue weighted by atomic mass is 9.98. The summed E-state index contributed by atoms with van der Waals surface area (Å²) in [6.45, 7) is 1.71. The van der Waals surface area contributed by atoms with Crippen LogP contribution in [0.5, 0.6) is 0 Å². The van der Waals surface area contributed by atoms with E-state index in [-0.39, 0.29) is 6.15 Å². The van der Waals surface area contributed by atoms with E-state index in [0.29, 0.717) is 0 Å². The monoisotopic (exact) mass is 263 g/mol. The second-order valence-corrected chi connectivity index (χ2v) is 4.91. The van der Waals surface area contributed by atoms with Gasteiger partial charge in [0, 0.05) is 4.90 Å². The number of carboxylic acids is 1. The molecule has 0 aliphatic carbocycles. The van der Waals surface area contributed by atoms with Crippen molar-refractivity contribution in [3.8, 4) is 0 Å². The van der Waals surface area contributed by atoms with E-state index in [2.05, 4.69) is 12.1 Å². The normalized spacial score (nSPS) is 11.9. The highest BCUT2D eigenvalue weighted by molar-refractivity contribution is 7.98. The van der Waals surface area contributed by atoms with E-state index >= 15 is 0 Å². The number of aliphatic carboxylic acids is 1. The van der Waals surface area contributed by atoms with Crippen LogP contribution in [0.4, 0.5) is 0 Å².